The summed E-state index contributed by atoms with van der Waals surface area (Å²) < 4.78 is 0. The molecule has 0 aromatic heterocycles. The van der Waals surface area contributed by atoms with E-state index >= 15 is 0 Å². The molecule has 182 valence electrons. The van der Waals surface area contributed by atoms with Crippen molar-refractivity contribution in [1.29, 1.82) is 0 Å². The Labute approximate surface area is 189 Å². The van der Waals surface area contributed by atoms with Gasteiger partial charge in [0.25, 0.3) is 0 Å². The van der Waals surface area contributed by atoms with E-state index in [9.17, 15) is 0 Å². The molecule has 0 amide bonds. The molecule has 0 saturated carbocycles. The number of nitrogens with zero attached hydrogens (tertiary/aromatic N) is 1. The molecule has 0 aliphatic rings. The largest absolute Gasteiger partial charge is 0.304 e. The standard InChI is InChI=1S/C8H18.2C7H16.C6H15N/c1-5-8(4,6-2)7-3;3*1-4-7(5-2)6-3/h5-7H2,1-4H3;2*7H,4-6H2,1-3H3;4-6H2,1-3H3. The molecule has 1 nitrogen and oxygen atoms in total. The van der Waals surface area contributed by atoms with Crippen LogP contribution in [0.3, 0.4) is 0 Å². The highest BCUT2D eigenvalue weighted by Crippen LogP contribution is 2.28. The average Bonchev–Trinajstić information content (AvgIpc) is 2.78. The van der Waals surface area contributed by atoms with Crippen LogP contribution in [-0.2, 0) is 0 Å². The summed E-state index contributed by atoms with van der Waals surface area (Å²) in [7, 11) is 0. The van der Waals surface area contributed by atoms with Crippen LogP contribution in [0.5, 0.6) is 0 Å². The Morgan fingerprint density at radius 1 is 0.448 bits per heavy atom. The summed E-state index contributed by atoms with van der Waals surface area (Å²) in [6, 6.07) is 0. The quantitative estimate of drug-likeness (QED) is 0.306. The van der Waals surface area contributed by atoms with Gasteiger partial charge in [-0.25, -0.2) is 0 Å². The van der Waals surface area contributed by atoms with Crippen molar-refractivity contribution in [2.24, 2.45) is 17.3 Å². The van der Waals surface area contributed by atoms with E-state index in [1.807, 2.05) is 0 Å². The summed E-state index contributed by atoms with van der Waals surface area (Å²) in [5.41, 5.74) is 0.625. The molecule has 0 aromatic rings. The van der Waals surface area contributed by atoms with Gasteiger partial charge < -0.3 is 4.90 Å². The van der Waals surface area contributed by atoms with Crippen LogP contribution in [0.2, 0.25) is 0 Å². The maximum absolute atomic E-state index is 2.38. The number of hydrogen-bond acceptors (Lipinski definition) is 1. The second-order valence-corrected chi connectivity index (χ2v) is 8.67. The molecule has 0 spiro atoms. The molecular weight excluding hydrogens is 350 g/mol. The zero-order valence-corrected chi connectivity index (χ0v) is 23.6. The molecule has 0 N–H and O–H groups in total. The summed E-state index contributed by atoms with van der Waals surface area (Å²) >= 11 is 0. The molecule has 29 heavy (non-hydrogen) atoms. The molecule has 0 unspecified atom stereocenters. The van der Waals surface area contributed by atoms with Gasteiger partial charge in [-0.05, 0) is 36.9 Å². The summed E-state index contributed by atoms with van der Waals surface area (Å²) in [4.78, 5) is 2.38. The lowest BCUT2D eigenvalue weighted by Crippen LogP contribution is -2.21. The molecule has 0 radical (unpaired) electrons. The summed E-state index contributed by atoms with van der Waals surface area (Å²) in [5, 5.41) is 0. The van der Waals surface area contributed by atoms with Crippen LogP contribution >= 0.6 is 0 Å². The van der Waals surface area contributed by atoms with E-state index in [0.29, 0.717) is 5.41 Å². The molecule has 0 aromatic carbocycles. The predicted molar refractivity (Wildman–Crippen MR) is 141 cm³/mol. The number of rotatable bonds is 12. The van der Waals surface area contributed by atoms with Crippen molar-refractivity contribution in [3.63, 3.8) is 0 Å². The van der Waals surface area contributed by atoms with Gasteiger partial charge in [-0.15, -0.1) is 0 Å². The van der Waals surface area contributed by atoms with Crippen molar-refractivity contribution in [1.82, 2.24) is 4.90 Å². The highest BCUT2D eigenvalue weighted by molar-refractivity contribution is 4.67. The van der Waals surface area contributed by atoms with Crippen LogP contribution in [0.1, 0.15) is 148 Å². The van der Waals surface area contributed by atoms with E-state index in [2.05, 4.69) is 94.9 Å². The van der Waals surface area contributed by atoms with E-state index in [0.717, 1.165) is 11.8 Å². The zero-order valence-electron chi connectivity index (χ0n) is 23.6. The first-order chi connectivity index (χ1) is 13.7. The van der Waals surface area contributed by atoms with Gasteiger partial charge in [-0.2, -0.15) is 0 Å². The first-order valence-corrected chi connectivity index (χ1v) is 13.4. The summed E-state index contributed by atoms with van der Waals surface area (Å²) in [6.45, 7) is 32.9. The van der Waals surface area contributed by atoms with Gasteiger partial charge in [0.05, 0.1) is 0 Å². The Morgan fingerprint density at radius 2 is 0.655 bits per heavy atom. The Morgan fingerprint density at radius 3 is 0.655 bits per heavy atom. The van der Waals surface area contributed by atoms with Crippen LogP contribution in [-0.4, -0.2) is 24.5 Å². The third kappa shape index (κ3) is 25.9. The molecule has 0 heterocycles. The monoisotopic (exact) mass is 416 g/mol. The summed E-state index contributed by atoms with van der Waals surface area (Å²) in [6.07, 6.45) is 12.1. The van der Waals surface area contributed by atoms with Gasteiger partial charge in [-0.3, -0.25) is 0 Å². The molecule has 0 fully saturated rings. The van der Waals surface area contributed by atoms with Crippen molar-refractivity contribution in [2.75, 3.05) is 19.6 Å². The van der Waals surface area contributed by atoms with Crippen LogP contribution in [0.4, 0.5) is 0 Å². The minimum atomic E-state index is 0.625. The van der Waals surface area contributed by atoms with Crippen LogP contribution in [0.15, 0.2) is 0 Å². The van der Waals surface area contributed by atoms with Gasteiger partial charge in [0.2, 0.25) is 0 Å². The van der Waals surface area contributed by atoms with Gasteiger partial charge in [0.15, 0.2) is 0 Å². The van der Waals surface area contributed by atoms with Gasteiger partial charge in [-0.1, -0.05) is 148 Å². The van der Waals surface area contributed by atoms with E-state index in [-0.39, 0.29) is 0 Å². The zero-order chi connectivity index (χ0) is 23.7. The van der Waals surface area contributed by atoms with Gasteiger partial charge in [0.1, 0.15) is 0 Å². The lowest BCUT2D eigenvalue weighted by Gasteiger charge is -2.23. The molecular formula is C28H65N. The Kier molecular flexibility index (Phi) is 35.0. The van der Waals surface area contributed by atoms with Crippen molar-refractivity contribution in [3.05, 3.63) is 0 Å². The molecule has 0 atom stereocenters. The Balaban J connectivity index is -0.000000144. The van der Waals surface area contributed by atoms with Crippen LogP contribution in [0.25, 0.3) is 0 Å². The fourth-order valence-electron chi connectivity index (χ4n) is 3.15. The highest BCUT2D eigenvalue weighted by Gasteiger charge is 2.15. The minimum absolute atomic E-state index is 0.625. The Hall–Kier alpha value is -0.0400. The van der Waals surface area contributed by atoms with E-state index in [1.54, 1.807) is 0 Å². The fourth-order valence-corrected chi connectivity index (χ4v) is 3.15. The molecule has 0 aliphatic carbocycles. The maximum Gasteiger partial charge on any atom is -0.00474 e. The second-order valence-electron chi connectivity index (χ2n) is 8.67. The minimum Gasteiger partial charge on any atom is -0.304 e. The predicted octanol–water partition coefficient (Wildman–Crippen LogP) is 10.2. The van der Waals surface area contributed by atoms with Crippen molar-refractivity contribution in [2.45, 2.75) is 148 Å². The molecule has 0 saturated heterocycles. The lowest BCUT2D eigenvalue weighted by molar-refractivity contribution is 0.286. The van der Waals surface area contributed by atoms with Crippen molar-refractivity contribution < 1.29 is 0 Å². The number of hydrogen-bond donors (Lipinski definition) is 0. The molecule has 0 aliphatic heterocycles. The molecule has 0 rings (SSSR count). The fraction of sp³-hybridized carbons (Fsp3) is 1.00. The third-order valence-electron chi connectivity index (χ3n) is 7.37. The first kappa shape index (κ1) is 36.3. The van der Waals surface area contributed by atoms with E-state index in [1.165, 1.54) is 77.4 Å². The second kappa shape index (κ2) is 28.0. The van der Waals surface area contributed by atoms with E-state index in [4.69, 9.17) is 0 Å². The first-order valence-electron chi connectivity index (χ1n) is 13.4. The molecule has 0 bridgehead atoms. The smallest absolute Gasteiger partial charge is 0.00474 e. The van der Waals surface area contributed by atoms with Gasteiger partial charge in [0, 0.05) is 0 Å². The SMILES string of the molecule is CCC(C)(CC)CC.CCC(CC)CC.CCC(CC)CC.CCN(CC)CC. The van der Waals surface area contributed by atoms with Crippen molar-refractivity contribution >= 4 is 0 Å². The van der Waals surface area contributed by atoms with E-state index < -0.39 is 0 Å². The maximum atomic E-state index is 2.38. The molecule has 1 heteroatoms. The third-order valence-corrected chi connectivity index (χ3v) is 7.37. The van der Waals surface area contributed by atoms with Crippen molar-refractivity contribution in [3.8, 4) is 0 Å². The van der Waals surface area contributed by atoms with Gasteiger partial charge >= 0.3 is 0 Å². The summed E-state index contributed by atoms with van der Waals surface area (Å²) in [5.74, 6) is 1.97. The van der Waals surface area contributed by atoms with Crippen LogP contribution in [0, 0.1) is 17.3 Å². The lowest BCUT2D eigenvalue weighted by atomic mass is 9.82. The topological polar surface area (TPSA) is 3.24 Å². The highest BCUT2D eigenvalue weighted by atomic mass is 15.1. The Bertz CT molecular complexity index is 192. The van der Waals surface area contributed by atoms with Crippen LogP contribution < -0.4 is 0 Å². The normalized spacial score (nSPS) is 10.8. The average molecular weight is 416 g/mol.